The number of carbonyl (C=O) groups is 1. The molecule has 1 N–H and O–H groups in total. The van der Waals surface area contributed by atoms with E-state index in [0.717, 1.165) is 48.8 Å². The molecule has 0 saturated heterocycles. The van der Waals surface area contributed by atoms with Gasteiger partial charge in [-0.15, -0.1) is 21.5 Å². The predicted octanol–water partition coefficient (Wildman–Crippen LogP) is 3.96. The Kier molecular flexibility index (Phi) is 6.75. The van der Waals surface area contributed by atoms with Gasteiger partial charge in [0.25, 0.3) is 5.91 Å². The zero-order valence-electron chi connectivity index (χ0n) is 15.9. The van der Waals surface area contributed by atoms with Crippen molar-refractivity contribution in [2.24, 2.45) is 5.92 Å². The van der Waals surface area contributed by atoms with Crippen LogP contribution in [0.15, 0.2) is 10.5 Å². The lowest BCUT2D eigenvalue weighted by atomic mass is 9.95. The molecular weight excluding hydrogens is 364 g/mol. The van der Waals surface area contributed by atoms with E-state index in [2.05, 4.69) is 33.9 Å². The molecule has 0 atom stereocenters. The summed E-state index contributed by atoms with van der Waals surface area (Å²) < 4.78 is 2.21. The fourth-order valence-corrected chi connectivity index (χ4v) is 5.08. The van der Waals surface area contributed by atoms with Crippen LogP contribution in [0, 0.1) is 5.92 Å². The van der Waals surface area contributed by atoms with Crippen molar-refractivity contribution in [2.75, 3.05) is 12.8 Å². The number of nitrogens with one attached hydrogen (secondary N) is 1. The van der Waals surface area contributed by atoms with Crippen molar-refractivity contribution in [2.45, 2.75) is 64.1 Å². The number of hydrogen-bond donors (Lipinski definition) is 1. The average molecular weight is 393 g/mol. The molecule has 0 unspecified atom stereocenters. The van der Waals surface area contributed by atoms with Crippen LogP contribution in [0.5, 0.6) is 0 Å². The summed E-state index contributed by atoms with van der Waals surface area (Å²) in [5.74, 6) is 1.66. The van der Waals surface area contributed by atoms with Crippen molar-refractivity contribution in [3.05, 3.63) is 27.2 Å². The third-order valence-corrected chi connectivity index (χ3v) is 6.45. The number of nitrogens with zero attached hydrogens (tertiary/aromatic N) is 3. The average Bonchev–Trinajstić information content (AvgIpc) is 3.22. The zero-order chi connectivity index (χ0) is 18.5. The van der Waals surface area contributed by atoms with Crippen LogP contribution in [0.1, 0.15) is 59.7 Å². The first-order valence-corrected chi connectivity index (χ1v) is 11.5. The number of aryl methyl sites for hydroxylation is 2. The quantitative estimate of drug-likeness (QED) is 0.546. The molecule has 0 spiro atoms. The first kappa shape index (κ1) is 19.4. The van der Waals surface area contributed by atoms with Gasteiger partial charge in [-0.3, -0.25) is 4.79 Å². The Hall–Kier alpha value is -1.34. The predicted molar refractivity (Wildman–Crippen MR) is 108 cm³/mol. The van der Waals surface area contributed by atoms with Crippen molar-refractivity contribution in [1.29, 1.82) is 0 Å². The molecule has 2 heterocycles. The molecule has 2 aromatic heterocycles. The van der Waals surface area contributed by atoms with Crippen molar-refractivity contribution in [1.82, 2.24) is 20.1 Å². The summed E-state index contributed by atoms with van der Waals surface area (Å²) in [6.07, 6.45) is 8.39. The summed E-state index contributed by atoms with van der Waals surface area (Å²) in [5, 5.41) is 14.7. The molecule has 142 valence electrons. The van der Waals surface area contributed by atoms with Gasteiger partial charge in [0.1, 0.15) is 5.82 Å². The summed E-state index contributed by atoms with van der Waals surface area (Å²) >= 11 is 3.38. The van der Waals surface area contributed by atoms with Crippen molar-refractivity contribution in [3.63, 3.8) is 0 Å². The van der Waals surface area contributed by atoms with Crippen LogP contribution >= 0.6 is 23.1 Å². The van der Waals surface area contributed by atoms with Crippen LogP contribution in [-0.4, -0.2) is 33.5 Å². The molecule has 0 saturated carbocycles. The maximum absolute atomic E-state index is 12.5. The zero-order valence-corrected chi connectivity index (χ0v) is 17.5. The molecule has 0 aliphatic heterocycles. The molecule has 26 heavy (non-hydrogen) atoms. The van der Waals surface area contributed by atoms with Gasteiger partial charge >= 0.3 is 0 Å². The SMILES string of the molecule is CSc1nnc(CCCNC(=O)c2csc3c2CCCC3)n1CC(C)C. The van der Waals surface area contributed by atoms with Gasteiger partial charge in [0.15, 0.2) is 5.16 Å². The summed E-state index contributed by atoms with van der Waals surface area (Å²) in [4.78, 5) is 13.9. The van der Waals surface area contributed by atoms with E-state index in [1.165, 1.54) is 23.3 Å². The second-order valence-electron chi connectivity index (χ2n) is 7.23. The number of hydrogen-bond acceptors (Lipinski definition) is 5. The number of amides is 1. The second kappa shape index (κ2) is 9.04. The topological polar surface area (TPSA) is 59.8 Å². The Morgan fingerprint density at radius 2 is 2.15 bits per heavy atom. The molecule has 7 heteroatoms. The largest absolute Gasteiger partial charge is 0.352 e. The molecule has 1 amide bonds. The van der Waals surface area contributed by atoms with E-state index in [1.54, 1.807) is 23.1 Å². The smallest absolute Gasteiger partial charge is 0.252 e. The van der Waals surface area contributed by atoms with Crippen molar-refractivity contribution < 1.29 is 4.79 Å². The monoisotopic (exact) mass is 392 g/mol. The molecule has 0 bridgehead atoms. The van der Waals surface area contributed by atoms with Gasteiger partial charge in [0.05, 0.1) is 5.56 Å². The van der Waals surface area contributed by atoms with Gasteiger partial charge in [0, 0.05) is 29.8 Å². The van der Waals surface area contributed by atoms with Crippen molar-refractivity contribution in [3.8, 4) is 0 Å². The van der Waals surface area contributed by atoms with Gasteiger partial charge in [0.2, 0.25) is 0 Å². The second-order valence-corrected chi connectivity index (χ2v) is 8.96. The molecule has 0 aromatic carbocycles. The summed E-state index contributed by atoms with van der Waals surface area (Å²) in [5.41, 5.74) is 2.19. The van der Waals surface area contributed by atoms with E-state index in [-0.39, 0.29) is 5.91 Å². The standard InChI is InChI=1S/C19H28N4OS2/c1-13(2)11-23-17(21-22-19(23)25-3)9-6-10-20-18(24)15-12-26-16-8-5-4-7-14(15)16/h12-13H,4-11H2,1-3H3,(H,20,24). The summed E-state index contributed by atoms with van der Waals surface area (Å²) in [6, 6.07) is 0. The maximum atomic E-state index is 12.5. The third-order valence-electron chi connectivity index (χ3n) is 4.69. The minimum atomic E-state index is 0.0813. The Bertz CT molecular complexity index is 751. The highest BCUT2D eigenvalue weighted by molar-refractivity contribution is 7.98. The highest BCUT2D eigenvalue weighted by atomic mass is 32.2. The Labute approximate surface area is 164 Å². The van der Waals surface area contributed by atoms with Gasteiger partial charge in [-0.05, 0) is 49.8 Å². The van der Waals surface area contributed by atoms with Gasteiger partial charge in [-0.25, -0.2) is 0 Å². The normalized spacial score (nSPS) is 13.8. The number of fused-ring (bicyclic) bond motifs is 1. The molecule has 1 aliphatic carbocycles. The first-order valence-electron chi connectivity index (χ1n) is 9.43. The van der Waals surface area contributed by atoms with E-state index in [9.17, 15) is 4.79 Å². The Morgan fingerprint density at radius 3 is 2.92 bits per heavy atom. The van der Waals surface area contributed by atoms with E-state index >= 15 is 0 Å². The number of thiophene rings is 1. The van der Waals surface area contributed by atoms with Crippen LogP contribution in [0.3, 0.4) is 0 Å². The van der Waals surface area contributed by atoms with Crippen LogP contribution < -0.4 is 5.32 Å². The highest BCUT2D eigenvalue weighted by Crippen LogP contribution is 2.30. The van der Waals surface area contributed by atoms with Crippen molar-refractivity contribution >= 4 is 29.0 Å². The molecule has 1 aliphatic rings. The van der Waals surface area contributed by atoms with Crippen LogP contribution in [0.25, 0.3) is 0 Å². The lowest BCUT2D eigenvalue weighted by molar-refractivity contribution is 0.0952. The van der Waals surface area contributed by atoms with Gasteiger partial charge in [-0.1, -0.05) is 25.6 Å². The molecular formula is C19H28N4OS2. The van der Waals surface area contributed by atoms with Crippen LogP contribution in [-0.2, 0) is 25.8 Å². The number of aromatic nitrogens is 3. The molecule has 3 rings (SSSR count). The number of thioether (sulfide) groups is 1. The lowest BCUT2D eigenvalue weighted by Crippen LogP contribution is -2.26. The molecule has 0 fully saturated rings. The van der Waals surface area contributed by atoms with E-state index < -0.39 is 0 Å². The Morgan fingerprint density at radius 1 is 1.35 bits per heavy atom. The van der Waals surface area contributed by atoms with E-state index in [4.69, 9.17) is 0 Å². The van der Waals surface area contributed by atoms with E-state index in [0.29, 0.717) is 12.5 Å². The Balaban J connectivity index is 1.52. The lowest BCUT2D eigenvalue weighted by Gasteiger charge is -2.13. The molecule has 2 aromatic rings. The fraction of sp³-hybridized carbons (Fsp3) is 0.632. The minimum Gasteiger partial charge on any atom is -0.352 e. The van der Waals surface area contributed by atoms with Gasteiger partial charge < -0.3 is 9.88 Å². The first-order chi connectivity index (χ1) is 12.6. The third kappa shape index (κ3) is 4.49. The number of carbonyl (C=O) groups excluding carboxylic acids is 1. The van der Waals surface area contributed by atoms with E-state index in [1.807, 2.05) is 11.6 Å². The summed E-state index contributed by atoms with van der Waals surface area (Å²) in [7, 11) is 0. The highest BCUT2D eigenvalue weighted by Gasteiger charge is 2.20. The number of rotatable bonds is 8. The fourth-order valence-electron chi connectivity index (χ4n) is 3.43. The van der Waals surface area contributed by atoms with Gasteiger partial charge in [-0.2, -0.15) is 0 Å². The van der Waals surface area contributed by atoms with Crippen LogP contribution in [0.4, 0.5) is 0 Å². The summed E-state index contributed by atoms with van der Waals surface area (Å²) in [6.45, 7) is 6.02. The molecule has 0 radical (unpaired) electrons. The maximum Gasteiger partial charge on any atom is 0.252 e. The molecule has 5 nitrogen and oxygen atoms in total. The van der Waals surface area contributed by atoms with Crippen LogP contribution in [0.2, 0.25) is 0 Å². The minimum absolute atomic E-state index is 0.0813.